The number of anilines is 2. The SMILES string of the molecule is CC(C)C(=O)Nc1ccc2c(c1)NC(=O)C(C)(C)O2. The predicted octanol–water partition coefficient (Wildman–Crippen LogP) is 2.39. The van der Waals surface area contributed by atoms with E-state index >= 15 is 0 Å². The van der Waals surface area contributed by atoms with Crippen LogP contribution in [0.2, 0.25) is 0 Å². The molecular weight excluding hydrogens is 244 g/mol. The van der Waals surface area contributed by atoms with Crippen molar-refractivity contribution in [3.05, 3.63) is 18.2 Å². The van der Waals surface area contributed by atoms with Gasteiger partial charge in [0.1, 0.15) is 5.75 Å². The van der Waals surface area contributed by atoms with Crippen LogP contribution in [0.25, 0.3) is 0 Å². The Morgan fingerprint density at radius 3 is 2.68 bits per heavy atom. The molecule has 0 aromatic heterocycles. The molecule has 2 amide bonds. The highest BCUT2D eigenvalue weighted by Crippen LogP contribution is 2.35. The van der Waals surface area contributed by atoms with E-state index in [4.69, 9.17) is 4.74 Å². The summed E-state index contributed by atoms with van der Waals surface area (Å²) in [6, 6.07) is 5.20. The third kappa shape index (κ3) is 2.70. The van der Waals surface area contributed by atoms with Crippen LogP contribution in [0.1, 0.15) is 27.7 Å². The number of carbonyl (C=O) groups is 2. The molecule has 0 unspecified atom stereocenters. The molecule has 1 heterocycles. The van der Waals surface area contributed by atoms with E-state index in [0.717, 1.165) is 0 Å². The van der Waals surface area contributed by atoms with E-state index in [1.807, 2.05) is 13.8 Å². The Morgan fingerprint density at radius 1 is 1.37 bits per heavy atom. The average molecular weight is 262 g/mol. The molecule has 0 spiro atoms. The smallest absolute Gasteiger partial charge is 0.268 e. The molecule has 0 saturated heterocycles. The average Bonchev–Trinajstić information content (AvgIpc) is 2.30. The molecule has 1 aromatic rings. The van der Waals surface area contributed by atoms with Gasteiger partial charge in [0.2, 0.25) is 5.91 Å². The molecular formula is C14H18N2O3. The molecule has 1 aliphatic heterocycles. The second kappa shape index (κ2) is 4.57. The lowest BCUT2D eigenvalue weighted by molar-refractivity contribution is -0.129. The zero-order chi connectivity index (χ0) is 14.2. The van der Waals surface area contributed by atoms with Gasteiger partial charge in [-0.3, -0.25) is 9.59 Å². The lowest BCUT2D eigenvalue weighted by Crippen LogP contribution is -2.45. The lowest BCUT2D eigenvalue weighted by Gasteiger charge is -2.31. The highest BCUT2D eigenvalue weighted by atomic mass is 16.5. The first kappa shape index (κ1) is 13.4. The van der Waals surface area contributed by atoms with Crippen LogP contribution in [0.4, 0.5) is 11.4 Å². The summed E-state index contributed by atoms with van der Waals surface area (Å²) in [6.07, 6.45) is 0. The fraction of sp³-hybridized carbons (Fsp3) is 0.429. The van der Waals surface area contributed by atoms with Crippen molar-refractivity contribution in [3.8, 4) is 5.75 Å². The van der Waals surface area contributed by atoms with Crippen molar-refractivity contribution in [1.29, 1.82) is 0 Å². The standard InChI is InChI=1S/C14H18N2O3/c1-8(2)12(17)15-9-5-6-11-10(7-9)16-13(18)14(3,4)19-11/h5-8H,1-4H3,(H,15,17)(H,16,18). The molecule has 0 radical (unpaired) electrons. The minimum atomic E-state index is -0.879. The van der Waals surface area contributed by atoms with Crippen LogP contribution < -0.4 is 15.4 Å². The minimum Gasteiger partial charge on any atom is -0.476 e. The summed E-state index contributed by atoms with van der Waals surface area (Å²) >= 11 is 0. The van der Waals surface area contributed by atoms with Gasteiger partial charge in [0, 0.05) is 11.6 Å². The highest BCUT2D eigenvalue weighted by molar-refractivity contribution is 6.01. The summed E-state index contributed by atoms with van der Waals surface area (Å²) in [7, 11) is 0. The molecule has 19 heavy (non-hydrogen) atoms. The zero-order valence-corrected chi connectivity index (χ0v) is 11.5. The topological polar surface area (TPSA) is 67.4 Å². The molecule has 1 aromatic carbocycles. The molecule has 0 bridgehead atoms. The quantitative estimate of drug-likeness (QED) is 0.860. The number of hydrogen-bond donors (Lipinski definition) is 2. The van der Waals surface area contributed by atoms with Gasteiger partial charge in [0.15, 0.2) is 5.60 Å². The number of benzene rings is 1. The third-order valence-electron chi connectivity index (χ3n) is 2.93. The van der Waals surface area contributed by atoms with Crippen molar-refractivity contribution in [1.82, 2.24) is 0 Å². The van der Waals surface area contributed by atoms with Crippen molar-refractivity contribution in [2.24, 2.45) is 5.92 Å². The van der Waals surface area contributed by atoms with E-state index in [1.54, 1.807) is 32.0 Å². The monoisotopic (exact) mass is 262 g/mol. The first-order valence-electron chi connectivity index (χ1n) is 6.25. The van der Waals surface area contributed by atoms with E-state index in [1.165, 1.54) is 0 Å². The van der Waals surface area contributed by atoms with Crippen molar-refractivity contribution in [2.45, 2.75) is 33.3 Å². The van der Waals surface area contributed by atoms with E-state index < -0.39 is 5.60 Å². The van der Waals surface area contributed by atoms with Crippen LogP contribution in [0.3, 0.4) is 0 Å². The second-order valence-corrected chi connectivity index (χ2v) is 5.42. The van der Waals surface area contributed by atoms with Gasteiger partial charge in [0.05, 0.1) is 5.69 Å². The molecule has 5 heteroatoms. The maximum atomic E-state index is 11.8. The largest absolute Gasteiger partial charge is 0.476 e. The van der Waals surface area contributed by atoms with Gasteiger partial charge >= 0.3 is 0 Å². The van der Waals surface area contributed by atoms with Crippen molar-refractivity contribution in [2.75, 3.05) is 10.6 Å². The Morgan fingerprint density at radius 2 is 2.05 bits per heavy atom. The number of fused-ring (bicyclic) bond motifs is 1. The molecule has 2 rings (SSSR count). The molecule has 0 aliphatic carbocycles. The molecule has 102 valence electrons. The fourth-order valence-corrected chi connectivity index (χ4v) is 1.68. The lowest BCUT2D eigenvalue weighted by atomic mass is 10.1. The summed E-state index contributed by atoms with van der Waals surface area (Å²) < 4.78 is 5.61. The third-order valence-corrected chi connectivity index (χ3v) is 2.93. The van der Waals surface area contributed by atoms with E-state index in [9.17, 15) is 9.59 Å². The van der Waals surface area contributed by atoms with Crippen LogP contribution in [0.5, 0.6) is 5.75 Å². The summed E-state index contributed by atoms with van der Waals surface area (Å²) in [6.45, 7) is 7.06. The van der Waals surface area contributed by atoms with Gasteiger partial charge in [-0.05, 0) is 32.0 Å². The van der Waals surface area contributed by atoms with Crippen LogP contribution >= 0.6 is 0 Å². The Balaban J connectivity index is 2.24. The van der Waals surface area contributed by atoms with Gasteiger partial charge in [-0.1, -0.05) is 13.8 Å². The van der Waals surface area contributed by atoms with Crippen LogP contribution in [-0.4, -0.2) is 17.4 Å². The highest BCUT2D eigenvalue weighted by Gasteiger charge is 2.35. The summed E-state index contributed by atoms with van der Waals surface area (Å²) in [5, 5.41) is 5.56. The first-order chi connectivity index (χ1) is 8.79. The normalized spacial score (nSPS) is 16.4. The van der Waals surface area contributed by atoms with Crippen molar-refractivity contribution >= 4 is 23.2 Å². The van der Waals surface area contributed by atoms with Crippen LogP contribution in [0, 0.1) is 5.92 Å². The molecule has 0 saturated carbocycles. The maximum Gasteiger partial charge on any atom is 0.268 e. The number of amides is 2. The first-order valence-corrected chi connectivity index (χ1v) is 6.25. The Bertz CT molecular complexity index is 535. The Labute approximate surface area is 112 Å². The zero-order valence-electron chi connectivity index (χ0n) is 11.5. The van der Waals surface area contributed by atoms with Crippen molar-refractivity contribution in [3.63, 3.8) is 0 Å². The maximum absolute atomic E-state index is 11.8. The summed E-state index contributed by atoms with van der Waals surface area (Å²) in [5.41, 5.74) is 0.335. The molecule has 0 atom stereocenters. The predicted molar refractivity (Wildman–Crippen MR) is 73.2 cm³/mol. The van der Waals surface area contributed by atoms with Gasteiger partial charge < -0.3 is 15.4 Å². The van der Waals surface area contributed by atoms with Crippen LogP contribution in [-0.2, 0) is 9.59 Å². The molecule has 5 nitrogen and oxygen atoms in total. The summed E-state index contributed by atoms with van der Waals surface area (Å²) in [5.74, 6) is 0.239. The van der Waals surface area contributed by atoms with Gasteiger partial charge in [-0.2, -0.15) is 0 Å². The van der Waals surface area contributed by atoms with Gasteiger partial charge in [0.25, 0.3) is 5.91 Å². The number of nitrogens with one attached hydrogen (secondary N) is 2. The van der Waals surface area contributed by atoms with Gasteiger partial charge in [-0.15, -0.1) is 0 Å². The molecule has 2 N–H and O–H groups in total. The van der Waals surface area contributed by atoms with E-state index in [2.05, 4.69) is 10.6 Å². The molecule has 0 fully saturated rings. The minimum absolute atomic E-state index is 0.0664. The van der Waals surface area contributed by atoms with Crippen LogP contribution in [0.15, 0.2) is 18.2 Å². The van der Waals surface area contributed by atoms with E-state index in [0.29, 0.717) is 17.1 Å². The van der Waals surface area contributed by atoms with Gasteiger partial charge in [-0.25, -0.2) is 0 Å². The molecule has 1 aliphatic rings. The Hall–Kier alpha value is -2.04. The number of carbonyl (C=O) groups excluding carboxylic acids is 2. The van der Waals surface area contributed by atoms with Crippen molar-refractivity contribution < 1.29 is 14.3 Å². The number of ether oxygens (including phenoxy) is 1. The number of rotatable bonds is 2. The Kier molecular flexibility index (Phi) is 3.22. The number of hydrogen-bond acceptors (Lipinski definition) is 3. The van der Waals surface area contributed by atoms with E-state index in [-0.39, 0.29) is 17.7 Å². The fourth-order valence-electron chi connectivity index (χ4n) is 1.68. The summed E-state index contributed by atoms with van der Waals surface area (Å²) in [4.78, 5) is 23.4. The second-order valence-electron chi connectivity index (χ2n) is 5.42.